The average Bonchev–Trinajstić information content (AvgIpc) is 2.94. The Morgan fingerprint density at radius 2 is 2.12 bits per heavy atom. The minimum Gasteiger partial charge on any atom is -0.368 e. The summed E-state index contributed by atoms with van der Waals surface area (Å²) in [6, 6.07) is 6.11. The Morgan fingerprint density at radius 1 is 1.28 bits per heavy atom. The van der Waals surface area contributed by atoms with Crippen LogP contribution < -0.4 is 5.32 Å². The molecule has 0 aromatic carbocycles. The zero-order chi connectivity index (χ0) is 17.8. The van der Waals surface area contributed by atoms with E-state index in [0.29, 0.717) is 30.6 Å². The lowest BCUT2D eigenvalue weighted by atomic mass is 10.0. The largest absolute Gasteiger partial charge is 0.368 e. The second-order valence-electron chi connectivity index (χ2n) is 6.72. The Hall–Kier alpha value is -2.44. The summed E-state index contributed by atoms with van der Waals surface area (Å²) in [6.45, 7) is 7.52. The Morgan fingerprint density at radius 3 is 2.76 bits per heavy atom. The first-order valence-corrected chi connectivity index (χ1v) is 8.95. The summed E-state index contributed by atoms with van der Waals surface area (Å²) < 4.78 is 1.77. The van der Waals surface area contributed by atoms with Gasteiger partial charge in [-0.25, -0.2) is 4.68 Å². The van der Waals surface area contributed by atoms with Gasteiger partial charge in [-0.3, -0.25) is 4.79 Å². The topological polar surface area (TPSA) is 75.9 Å². The van der Waals surface area contributed by atoms with Crippen LogP contribution in [0.25, 0.3) is 5.82 Å². The quantitative estimate of drug-likeness (QED) is 0.903. The molecule has 0 spiro atoms. The van der Waals surface area contributed by atoms with Crippen LogP contribution in [0.2, 0.25) is 0 Å². The molecule has 1 fully saturated rings. The molecular formula is C18H26N6O. The highest BCUT2D eigenvalue weighted by atomic mass is 16.2. The van der Waals surface area contributed by atoms with Gasteiger partial charge in [0, 0.05) is 31.2 Å². The molecule has 0 unspecified atom stereocenters. The molecule has 3 rings (SSSR count). The molecule has 134 valence electrons. The summed E-state index contributed by atoms with van der Waals surface area (Å²) in [7, 11) is 0. The third-order valence-corrected chi connectivity index (χ3v) is 4.65. The molecule has 1 atom stereocenters. The number of aromatic nitrogens is 4. The third-order valence-electron chi connectivity index (χ3n) is 4.65. The molecule has 1 aliphatic heterocycles. The fraction of sp³-hybridized carbons (Fsp3) is 0.556. The molecule has 3 heterocycles. The Kier molecular flexibility index (Phi) is 5.31. The van der Waals surface area contributed by atoms with Crippen molar-refractivity contribution in [3.05, 3.63) is 29.6 Å². The molecule has 7 heteroatoms. The van der Waals surface area contributed by atoms with E-state index in [4.69, 9.17) is 0 Å². The molecular weight excluding hydrogens is 316 g/mol. The van der Waals surface area contributed by atoms with Gasteiger partial charge in [0.1, 0.15) is 5.82 Å². The van der Waals surface area contributed by atoms with Gasteiger partial charge in [-0.1, -0.05) is 0 Å². The van der Waals surface area contributed by atoms with Gasteiger partial charge in [0.15, 0.2) is 5.82 Å². The van der Waals surface area contributed by atoms with Crippen LogP contribution in [-0.2, 0) is 4.79 Å². The number of hydrogen-bond acceptors (Lipinski definition) is 5. The zero-order valence-corrected chi connectivity index (χ0v) is 15.2. The number of nitrogens with zero attached hydrogens (tertiary/aromatic N) is 5. The third kappa shape index (κ3) is 4.15. The SMILES string of the molecule is Cc1cc(C)n(-c2ccc(NCCC(=O)N3CCCC[C@@H]3C)nn2)n1. The monoisotopic (exact) mass is 342 g/mol. The average molecular weight is 342 g/mol. The summed E-state index contributed by atoms with van der Waals surface area (Å²) in [5.41, 5.74) is 1.97. The number of aryl methyl sites for hydroxylation is 2. The Labute approximate surface area is 148 Å². The number of carbonyl (C=O) groups is 1. The highest BCUT2D eigenvalue weighted by Gasteiger charge is 2.22. The Bertz CT molecular complexity index is 724. The molecule has 1 N–H and O–H groups in total. The van der Waals surface area contributed by atoms with Crippen molar-refractivity contribution in [1.82, 2.24) is 24.9 Å². The van der Waals surface area contributed by atoms with Crippen LogP contribution in [0.1, 0.15) is 44.0 Å². The van der Waals surface area contributed by atoms with Gasteiger partial charge in [-0.05, 0) is 58.2 Å². The molecule has 1 aliphatic rings. The molecule has 0 bridgehead atoms. The molecule has 7 nitrogen and oxygen atoms in total. The van der Waals surface area contributed by atoms with Crippen molar-refractivity contribution < 1.29 is 4.79 Å². The van der Waals surface area contributed by atoms with Gasteiger partial charge < -0.3 is 10.2 Å². The summed E-state index contributed by atoms with van der Waals surface area (Å²) in [6.07, 6.45) is 3.92. The fourth-order valence-corrected chi connectivity index (χ4v) is 3.30. The van der Waals surface area contributed by atoms with E-state index in [0.717, 1.165) is 30.8 Å². The molecule has 0 radical (unpaired) electrons. The van der Waals surface area contributed by atoms with E-state index in [1.54, 1.807) is 4.68 Å². The predicted octanol–water partition coefficient (Wildman–Crippen LogP) is 2.48. The van der Waals surface area contributed by atoms with E-state index in [-0.39, 0.29) is 5.91 Å². The maximum absolute atomic E-state index is 12.3. The van der Waals surface area contributed by atoms with Gasteiger partial charge in [0.25, 0.3) is 0 Å². The number of amides is 1. The normalized spacial score (nSPS) is 17.6. The van der Waals surface area contributed by atoms with Crippen molar-refractivity contribution in [3.63, 3.8) is 0 Å². The van der Waals surface area contributed by atoms with Gasteiger partial charge in [-0.15, -0.1) is 10.2 Å². The van der Waals surface area contributed by atoms with Gasteiger partial charge in [0.2, 0.25) is 5.91 Å². The van der Waals surface area contributed by atoms with Crippen LogP contribution in [0, 0.1) is 13.8 Å². The number of likely N-dealkylation sites (tertiary alicyclic amines) is 1. The smallest absolute Gasteiger partial charge is 0.224 e. The second-order valence-corrected chi connectivity index (χ2v) is 6.72. The van der Waals surface area contributed by atoms with Crippen molar-refractivity contribution in [3.8, 4) is 5.82 Å². The fourth-order valence-electron chi connectivity index (χ4n) is 3.30. The van der Waals surface area contributed by atoms with Crippen molar-refractivity contribution >= 4 is 11.7 Å². The summed E-state index contributed by atoms with van der Waals surface area (Å²) in [5, 5.41) is 16.0. The lowest BCUT2D eigenvalue weighted by molar-refractivity contribution is -0.134. The van der Waals surface area contributed by atoms with E-state index in [2.05, 4.69) is 27.5 Å². The molecule has 25 heavy (non-hydrogen) atoms. The molecule has 1 amide bonds. The van der Waals surface area contributed by atoms with E-state index in [1.165, 1.54) is 6.42 Å². The van der Waals surface area contributed by atoms with Crippen LogP contribution in [0.4, 0.5) is 5.82 Å². The van der Waals surface area contributed by atoms with E-state index in [1.807, 2.05) is 36.9 Å². The maximum Gasteiger partial charge on any atom is 0.224 e. The number of hydrogen-bond donors (Lipinski definition) is 1. The molecule has 2 aromatic heterocycles. The van der Waals surface area contributed by atoms with E-state index >= 15 is 0 Å². The van der Waals surface area contributed by atoms with Gasteiger partial charge >= 0.3 is 0 Å². The standard InChI is InChI=1S/C18H26N6O/c1-13-12-15(3)24(22-13)17-8-7-16(20-21-17)19-10-9-18(25)23-11-5-4-6-14(23)2/h7-8,12,14H,4-6,9-11H2,1-3H3,(H,19,20)/t14-/m0/s1. The second kappa shape index (κ2) is 7.63. The minimum absolute atomic E-state index is 0.215. The van der Waals surface area contributed by atoms with Crippen molar-refractivity contribution in [2.45, 2.75) is 52.5 Å². The van der Waals surface area contributed by atoms with Gasteiger partial charge in [-0.2, -0.15) is 5.10 Å². The number of piperidine rings is 1. The van der Waals surface area contributed by atoms with Crippen LogP contribution in [0.3, 0.4) is 0 Å². The van der Waals surface area contributed by atoms with Crippen LogP contribution >= 0.6 is 0 Å². The van der Waals surface area contributed by atoms with Crippen molar-refractivity contribution in [2.75, 3.05) is 18.4 Å². The first-order valence-electron chi connectivity index (χ1n) is 8.95. The lowest BCUT2D eigenvalue weighted by Crippen LogP contribution is -2.42. The highest BCUT2D eigenvalue weighted by Crippen LogP contribution is 2.17. The van der Waals surface area contributed by atoms with E-state index in [9.17, 15) is 4.79 Å². The number of carbonyl (C=O) groups excluding carboxylic acids is 1. The summed E-state index contributed by atoms with van der Waals surface area (Å²) >= 11 is 0. The maximum atomic E-state index is 12.3. The van der Waals surface area contributed by atoms with E-state index < -0.39 is 0 Å². The molecule has 0 saturated carbocycles. The van der Waals surface area contributed by atoms with Crippen molar-refractivity contribution in [2.24, 2.45) is 0 Å². The number of anilines is 1. The van der Waals surface area contributed by atoms with Crippen LogP contribution in [0.5, 0.6) is 0 Å². The van der Waals surface area contributed by atoms with Crippen molar-refractivity contribution in [1.29, 1.82) is 0 Å². The number of rotatable bonds is 5. The molecule has 0 aliphatic carbocycles. The Balaban J connectivity index is 1.52. The minimum atomic E-state index is 0.215. The van der Waals surface area contributed by atoms with Gasteiger partial charge in [0.05, 0.1) is 5.69 Å². The lowest BCUT2D eigenvalue weighted by Gasteiger charge is -2.33. The van der Waals surface area contributed by atoms with Crippen LogP contribution in [0.15, 0.2) is 18.2 Å². The highest BCUT2D eigenvalue weighted by molar-refractivity contribution is 5.77. The zero-order valence-electron chi connectivity index (χ0n) is 15.2. The predicted molar refractivity (Wildman–Crippen MR) is 96.8 cm³/mol. The number of nitrogens with one attached hydrogen (secondary N) is 1. The van der Waals surface area contributed by atoms with Crippen LogP contribution in [-0.4, -0.2) is 49.9 Å². The molecule has 1 saturated heterocycles. The first-order chi connectivity index (χ1) is 12.0. The first kappa shape index (κ1) is 17.4. The molecule has 2 aromatic rings. The summed E-state index contributed by atoms with van der Waals surface area (Å²) in [4.78, 5) is 14.3. The summed E-state index contributed by atoms with van der Waals surface area (Å²) in [5.74, 6) is 1.58.